The summed E-state index contributed by atoms with van der Waals surface area (Å²) in [5.41, 5.74) is 1.04. The molecule has 1 unspecified atom stereocenters. The summed E-state index contributed by atoms with van der Waals surface area (Å²) >= 11 is 3.33. The summed E-state index contributed by atoms with van der Waals surface area (Å²) in [4.78, 5) is 25.8. The second kappa shape index (κ2) is 4.48. The fourth-order valence-corrected chi connectivity index (χ4v) is 2.92. The molecule has 3 rings (SSSR count). The highest BCUT2D eigenvalue weighted by atomic mass is 79.9. The molecule has 18 heavy (non-hydrogen) atoms. The van der Waals surface area contributed by atoms with Gasteiger partial charge in [-0.3, -0.25) is 14.5 Å². The smallest absolute Gasteiger partial charge is 0.261 e. The van der Waals surface area contributed by atoms with Crippen LogP contribution < -0.4 is 5.32 Å². The van der Waals surface area contributed by atoms with E-state index in [1.54, 1.807) is 18.2 Å². The van der Waals surface area contributed by atoms with E-state index in [1.807, 2.05) is 0 Å². The van der Waals surface area contributed by atoms with Crippen LogP contribution in [0.1, 0.15) is 27.1 Å². The molecule has 4 nitrogen and oxygen atoms in total. The minimum absolute atomic E-state index is 0.158. The van der Waals surface area contributed by atoms with Crippen LogP contribution in [0.5, 0.6) is 0 Å². The second-order valence-corrected chi connectivity index (χ2v) is 5.69. The molecule has 1 aromatic rings. The maximum atomic E-state index is 12.2. The van der Waals surface area contributed by atoms with Gasteiger partial charge in [0.05, 0.1) is 11.1 Å². The van der Waals surface area contributed by atoms with Crippen molar-refractivity contribution >= 4 is 27.7 Å². The van der Waals surface area contributed by atoms with E-state index in [1.165, 1.54) is 4.90 Å². The van der Waals surface area contributed by atoms with Gasteiger partial charge in [0.25, 0.3) is 11.8 Å². The minimum Gasteiger partial charge on any atom is -0.316 e. The van der Waals surface area contributed by atoms with Crippen LogP contribution in [-0.4, -0.2) is 36.3 Å². The average Bonchev–Trinajstić information content (AvgIpc) is 2.93. The SMILES string of the molecule is O=C1c2ccc(Br)cc2C(=O)N1CC1CCNC1. The zero-order valence-corrected chi connectivity index (χ0v) is 11.4. The van der Waals surface area contributed by atoms with Gasteiger partial charge in [-0.05, 0) is 43.6 Å². The van der Waals surface area contributed by atoms with E-state index in [4.69, 9.17) is 0 Å². The Morgan fingerprint density at radius 2 is 2.06 bits per heavy atom. The quantitative estimate of drug-likeness (QED) is 0.845. The Morgan fingerprint density at radius 3 is 2.78 bits per heavy atom. The molecule has 5 heteroatoms. The first kappa shape index (κ1) is 11.9. The fourth-order valence-electron chi connectivity index (χ4n) is 2.56. The molecule has 1 atom stereocenters. The lowest BCUT2D eigenvalue weighted by molar-refractivity contribution is 0.0633. The van der Waals surface area contributed by atoms with Gasteiger partial charge in [-0.1, -0.05) is 15.9 Å². The number of rotatable bonds is 2. The Bertz CT molecular complexity index is 524. The summed E-state index contributed by atoms with van der Waals surface area (Å²) in [6.45, 7) is 2.38. The first-order chi connectivity index (χ1) is 8.66. The lowest BCUT2D eigenvalue weighted by Crippen LogP contribution is -2.35. The number of nitrogens with zero attached hydrogens (tertiary/aromatic N) is 1. The van der Waals surface area contributed by atoms with Crippen molar-refractivity contribution in [3.8, 4) is 0 Å². The molecule has 2 aliphatic heterocycles. The van der Waals surface area contributed by atoms with E-state index in [-0.39, 0.29) is 11.8 Å². The summed E-state index contributed by atoms with van der Waals surface area (Å²) in [6.07, 6.45) is 1.02. The van der Waals surface area contributed by atoms with Gasteiger partial charge in [-0.2, -0.15) is 0 Å². The lowest BCUT2D eigenvalue weighted by Gasteiger charge is -2.17. The van der Waals surface area contributed by atoms with Crippen molar-refractivity contribution in [3.63, 3.8) is 0 Å². The Balaban J connectivity index is 1.87. The molecule has 1 saturated heterocycles. The van der Waals surface area contributed by atoms with E-state index >= 15 is 0 Å². The highest BCUT2D eigenvalue weighted by Gasteiger charge is 2.37. The van der Waals surface area contributed by atoms with Crippen LogP contribution >= 0.6 is 15.9 Å². The Hall–Kier alpha value is -1.20. The van der Waals surface area contributed by atoms with Crippen LogP contribution in [0.15, 0.2) is 22.7 Å². The van der Waals surface area contributed by atoms with E-state index in [2.05, 4.69) is 21.2 Å². The zero-order chi connectivity index (χ0) is 12.7. The monoisotopic (exact) mass is 308 g/mol. The minimum atomic E-state index is -0.164. The number of benzene rings is 1. The average molecular weight is 309 g/mol. The number of hydrogen-bond acceptors (Lipinski definition) is 3. The fraction of sp³-hybridized carbons (Fsp3) is 0.385. The first-order valence-corrected chi connectivity index (χ1v) is 6.82. The Kier molecular flexibility index (Phi) is 2.95. The molecular weight excluding hydrogens is 296 g/mol. The van der Waals surface area contributed by atoms with Gasteiger partial charge in [-0.25, -0.2) is 0 Å². The molecule has 0 saturated carbocycles. The normalized spacial score (nSPS) is 22.7. The number of hydrogen-bond donors (Lipinski definition) is 1. The predicted octanol–water partition coefficient (Wildman–Crippen LogP) is 1.65. The molecule has 2 aliphatic rings. The summed E-state index contributed by atoms with van der Waals surface area (Å²) in [5, 5.41) is 3.25. The topological polar surface area (TPSA) is 49.4 Å². The maximum absolute atomic E-state index is 12.2. The van der Waals surface area contributed by atoms with E-state index < -0.39 is 0 Å². The van der Waals surface area contributed by atoms with Crippen molar-refractivity contribution < 1.29 is 9.59 Å². The van der Waals surface area contributed by atoms with E-state index in [0.29, 0.717) is 23.6 Å². The van der Waals surface area contributed by atoms with Crippen LogP contribution in [0.4, 0.5) is 0 Å². The molecule has 0 aliphatic carbocycles. The standard InChI is InChI=1S/C13H13BrN2O2/c14-9-1-2-10-11(5-9)13(18)16(12(10)17)7-8-3-4-15-6-8/h1-2,5,8,15H,3-4,6-7H2. The van der Waals surface area contributed by atoms with Crippen LogP contribution in [0, 0.1) is 5.92 Å². The van der Waals surface area contributed by atoms with Crippen LogP contribution in [0.25, 0.3) is 0 Å². The zero-order valence-electron chi connectivity index (χ0n) is 9.78. The van der Waals surface area contributed by atoms with Gasteiger partial charge >= 0.3 is 0 Å². The van der Waals surface area contributed by atoms with Crippen LogP contribution in [0.3, 0.4) is 0 Å². The number of imide groups is 1. The third kappa shape index (κ3) is 1.87. The number of halogens is 1. The summed E-state index contributed by atoms with van der Waals surface area (Å²) in [5.74, 6) is 0.0632. The van der Waals surface area contributed by atoms with Gasteiger partial charge in [0.15, 0.2) is 0 Å². The third-order valence-electron chi connectivity index (χ3n) is 3.54. The van der Waals surface area contributed by atoms with Crippen molar-refractivity contribution in [1.82, 2.24) is 10.2 Å². The van der Waals surface area contributed by atoms with Crippen molar-refractivity contribution in [2.45, 2.75) is 6.42 Å². The van der Waals surface area contributed by atoms with E-state index in [9.17, 15) is 9.59 Å². The summed E-state index contributed by atoms with van der Waals surface area (Å²) in [6, 6.07) is 5.24. The molecule has 0 radical (unpaired) electrons. The molecule has 0 bridgehead atoms. The first-order valence-electron chi connectivity index (χ1n) is 6.03. The lowest BCUT2D eigenvalue weighted by atomic mass is 10.1. The molecule has 0 aromatic heterocycles. The second-order valence-electron chi connectivity index (χ2n) is 4.77. The van der Waals surface area contributed by atoms with Crippen LogP contribution in [-0.2, 0) is 0 Å². The molecule has 2 heterocycles. The van der Waals surface area contributed by atoms with Crippen molar-refractivity contribution in [2.24, 2.45) is 5.92 Å². The van der Waals surface area contributed by atoms with E-state index in [0.717, 1.165) is 24.0 Å². The number of carbonyl (C=O) groups is 2. The predicted molar refractivity (Wildman–Crippen MR) is 70.5 cm³/mol. The van der Waals surface area contributed by atoms with Gasteiger partial charge in [-0.15, -0.1) is 0 Å². The van der Waals surface area contributed by atoms with Gasteiger partial charge < -0.3 is 5.32 Å². The largest absolute Gasteiger partial charge is 0.316 e. The van der Waals surface area contributed by atoms with Gasteiger partial charge in [0, 0.05) is 11.0 Å². The highest BCUT2D eigenvalue weighted by Crippen LogP contribution is 2.27. The number of nitrogens with one attached hydrogen (secondary N) is 1. The molecule has 94 valence electrons. The Morgan fingerprint density at radius 1 is 1.28 bits per heavy atom. The van der Waals surface area contributed by atoms with Crippen LogP contribution in [0.2, 0.25) is 0 Å². The van der Waals surface area contributed by atoms with Gasteiger partial charge in [0.1, 0.15) is 0 Å². The van der Waals surface area contributed by atoms with Gasteiger partial charge in [0.2, 0.25) is 0 Å². The molecular formula is C13H13BrN2O2. The van der Waals surface area contributed by atoms with Crippen molar-refractivity contribution in [1.29, 1.82) is 0 Å². The molecule has 1 fully saturated rings. The molecule has 1 N–H and O–H groups in total. The Labute approximate surface area is 113 Å². The number of amides is 2. The molecule has 0 spiro atoms. The summed E-state index contributed by atoms with van der Waals surface area (Å²) in [7, 11) is 0. The highest BCUT2D eigenvalue weighted by molar-refractivity contribution is 9.10. The molecule has 1 aromatic carbocycles. The maximum Gasteiger partial charge on any atom is 0.261 e. The van der Waals surface area contributed by atoms with Crippen molar-refractivity contribution in [3.05, 3.63) is 33.8 Å². The number of fused-ring (bicyclic) bond motifs is 1. The summed E-state index contributed by atoms with van der Waals surface area (Å²) < 4.78 is 0.826. The van der Waals surface area contributed by atoms with Crippen molar-refractivity contribution in [2.75, 3.05) is 19.6 Å². The third-order valence-corrected chi connectivity index (χ3v) is 4.03. The molecule has 2 amide bonds. The number of carbonyl (C=O) groups excluding carboxylic acids is 2.